The Balaban J connectivity index is 2.40. The first kappa shape index (κ1) is 85.0. The molecule has 0 saturated carbocycles. The molecule has 1 aromatic heterocycles. The number of thiol groups is 1. The Bertz CT molecular complexity index is 3130. The van der Waals surface area contributed by atoms with E-state index in [2.05, 4.69) is 81.4 Å². The minimum atomic E-state index is -2.04. The van der Waals surface area contributed by atoms with Gasteiger partial charge in [-0.3, -0.25) is 71.9 Å². The molecule has 1 heterocycles. The number of carbonyl (C=O) groups excluding carboxylic acids is 12. The quantitative estimate of drug-likeness (QED) is 0.0275. The molecule has 0 aliphatic carbocycles. The monoisotopic (exact) mass is 1410 g/mol. The molecular formula is C61H96N14O22S. The summed E-state index contributed by atoms with van der Waals surface area (Å²) in [6, 6.07) is -14.7. The number of carboxylic acid groups (broad SMARTS) is 3. The minimum absolute atomic E-state index is 0.0120. The van der Waals surface area contributed by atoms with E-state index in [4.69, 9.17) is 5.73 Å². The summed E-state index contributed by atoms with van der Waals surface area (Å²) in [7, 11) is 0. The van der Waals surface area contributed by atoms with Gasteiger partial charge in [-0.1, -0.05) is 80.0 Å². The summed E-state index contributed by atoms with van der Waals surface area (Å²) in [6.07, 6.45) is -2.62. The number of rotatable bonds is 43. The van der Waals surface area contributed by atoms with Crippen LogP contribution in [0.2, 0.25) is 0 Å². The molecule has 0 unspecified atom stereocenters. The number of fused-ring (bicyclic) bond motifs is 1. The van der Waals surface area contributed by atoms with Crippen LogP contribution in [0.5, 0.6) is 0 Å². The topological polar surface area (TPSA) is 584 Å². The van der Waals surface area contributed by atoms with Crippen LogP contribution >= 0.6 is 12.6 Å². The van der Waals surface area contributed by atoms with Crippen molar-refractivity contribution in [2.45, 2.75) is 192 Å². The number of aliphatic hydroxyl groups is 4. The average Bonchev–Trinajstić information content (AvgIpc) is 1.68. The van der Waals surface area contributed by atoms with Crippen LogP contribution in [0.1, 0.15) is 107 Å². The van der Waals surface area contributed by atoms with E-state index < -0.39 is 236 Å². The minimum Gasteiger partial charge on any atom is -0.481 e. The highest BCUT2D eigenvalue weighted by Gasteiger charge is 2.39. The van der Waals surface area contributed by atoms with Crippen molar-refractivity contribution in [3.8, 4) is 0 Å². The fourth-order valence-corrected chi connectivity index (χ4v) is 9.74. The molecule has 98 heavy (non-hydrogen) atoms. The third kappa shape index (κ3) is 27.1. The molecule has 2 aromatic rings. The van der Waals surface area contributed by atoms with Gasteiger partial charge in [-0.2, -0.15) is 12.6 Å². The van der Waals surface area contributed by atoms with Crippen molar-refractivity contribution in [1.82, 2.24) is 68.8 Å². The highest BCUT2D eigenvalue weighted by atomic mass is 32.1. The van der Waals surface area contributed by atoms with Crippen LogP contribution in [0.25, 0.3) is 10.9 Å². The fourth-order valence-electron chi connectivity index (χ4n) is 9.48. The molecule has 37 heteroatoms. The third-order valence-electron chi connectivity index (χ3n) is 15.4. The lowest BCUT2D eigenvalue weighted by molar-refractivity contribution is -0.142. The normalized spacial score (nSPS) is 15.9. The van der Waals surface area contributed by atoms with Crippen LogP contribution < -0.4 is 69.5 Å². The molecule has 548 valence electrons. The largest absolute Gasteiger partial charge is 0.481 e. The summed E-state index contributed by atoms with van der Waals surface area (Å²) in [5.41, 5.74) is 6.95. The van der Waals surface area contributed by atoms with Gasteiger partial charge in [0, 0.05) is 35.7 Å². The van der Waals surface area contributed by atoms with Crippen LogP contribution in [0.3, 0.4) is 0 Å². The number of carboxylic acids is 3. The molecule has 1 aromatic carbocycles. The number of carbonyl (C=O) groups is 15. The number of amides is 12. The van der Waals surface area contributed by atoms with Gasteiger partial charge in [0.15, 0.2) is 0 Å². The number of aliphatic hydroxyl groups excluding tert-OH is 4. The first-order valence-corrected chi connectivity index (χ1v) is 32.2. The second-order valence-corrected chi connectivity index (χ2v) is 25.0. The summed E-state index contributed by atoms with van der Waals surface area (Å²) < 4.78 is 0. The van der Waals surface area contributed by atoms with Gasteiger partial charge in [0.1, 0.15) is 72.5 Å². The second kappa shape index (κ2) is 41.3. The molecule has 15 atom stereocenters. The molecule has 0 saturated heterocycles. The van der Waals surface area contributed by atoms with Crippen molar-refractivity contribution >= 4 is 112 Å². The zero-order valence-electron chi connectivity index (χ0n) is 56.1. The Morgan fingerprint density at radius 2 is 0.878 bits per heavy atom. The van der Waals surface area contributed by atoms with E-state index in [1.807, 2.05) is 13.8 Å². The zero-order chi connectivity index (χ0) is 74.6. The highest BCUT2D eigenvalue weighted by Crippen LogP contribution is 2.20. The van der Waals surface area contributed by atoms with Crippen LogP contribution in [-0.4, -0.2) is 240 Å². The molecule has 2 rings (SSSR count). The van der Waals surface area contributed by atoms with Gasteiger partial charge in [0.25, 0.3) is 0 Å². The lowest BCUT2D eigenvalue weighted by atomic mass is 9.97. The van der Waals surface area contributed by atoms with E-state index in [0.717, 1.165) is 13.8 Å². The van der Waals surface area contributed by atoms with Crippen molar-refractivity contribution in [3.63, 3.8) is 0 Å². The van der Waals surface area contributed by atoms with Crippen molar-refractivity contribution in [2.75, 3.05) is 25.6 Å². The molecule has 0 spiro atoms. The van der Waals surface area contributed by atoms with Crippen LogP contribution in [0, 0.1) is 23.7 Å². The maximum atomic E-state index is 14.4. The SMILES string of the molecule is CC[C@H](C)[C@H](NC(=O)[C@H](CO)NC(=O)[C@H](CC(=O)O)NC(=O)[C@H](CS)NC(=O)[C@@H](NC(=O)[C@H](CO)NC(=O)[C@@H](N)CC(C)C)C(C)C)C(=O)N[C@@H](CO)C(=O)N[C@@H](CCC(=O)O)C(=O)N[C@@H](Cc1c[nH]c2ccccc12)C(=O)N[C@H](C(=O)N[C@H](C(=O)N[C@@H](C)C(=O)O)[C@@H](C)O)C(C)C. The summed E-state index contributed by atoms with van der Waals surface area (Å²) in [4.78, 5) is 203. The van der Waals surface area contributed by atoms with Gasteiger partial charge in [0.2, 0.25) is 70.9 Å². The number of hydrogen-bond donors (Lipinski definition) is 22. The van der Waals surface area contributed by atoms with Crippen molar-refractivity contribution < 1.29 is 108 Å². The van der Waals surface area contributed by atoms with Crippen LogP contribution in [0.4, 0.5) is 0 Å². The number of hydrogen-bond acceptors (Lipinski definition) is 21. The second-order valence-electron chi connectivity index (χ2n) is 24.6. The van der Waals surface area contributed by atoms with Crippen molar-refractivity contribution in [1.29, 1.82) is 0 Å². The summed E-state index contributed by atoms with van der Waals surface area (Å²) >= 11 is 4.11. The Kier molecular flexibility index (Phi) is 35.8. The number of aliphatic carboxylic acids is 3. The first-order valence-electron chi connectivity index (χ1n) is 31.6. The summed E-state index contributed by atoms with van der Waals surface area (Å²) in [5.74, 6) is -20.7. The Morgan fingerprint density at radius 1 is 0.480 bits per heavy atom. The van der Waals surface area contributed by atoms with Crippen LogP contribution in [0.15, 0.2) is 30.5 Å². The third-order valence-corrected chi connectivity index (χ3v) is 15.8. The molecule has 22 N–H and O–H groups in total. The van der Waals surface area contributed by atoms with Gasteiger partial charge in [-0.05, 0) is 62.0 Å². The van der Waals surface area contributed by atoms with Gasteiger partial charge in [-0.25, -0.2) is 0 Å². The molecule has 0 aliphatic rings. The average molecular weight is 1410 g/mol. The zero-order valence-corrected chi connectivity index (χ0v) is 57.0. The number of aromatic amines is 1. The fraction of sp³-hybridized carbons (Fsp3) is 0.623. The Morgan fingerprint density at radius 3 is 1.36 bits per heavy atom. The van der Waals surface area contributed by atoms with Crippen molar-refractivity contribution in [3.05, 3.63) is 36.0 Å². The summed E-state index contributed by atoms with van der Waals surface area (Å²) in [6.45, 7) is 11.7. The van der Waals surface area contributed by atoms with Crippen molar-refractivity contribution in [2.24, 2.45) is 29.4 Å². The van der Waals surface area contributed by atoms with Gasteiger partial charge in [-0.15, -0.1) is 0 Å². The molecule has 36 nitrogen and oxygen atoms in total. The molecule has 0 radical (unpaired) electrons. The van der Waals surface area contributed by atoms with E-state index >= 15 is 0 Å². The molecular weight excluding hydrogens is 1310 g/mol. The predicted octanol–water partition coefficient (Wildman–Crippen LogP) is -6.01. The van der Waals surface area contributed by atoms with E-state index in [1.165, 1.54) is 40.8 Å². The number of nitrogens with two attached hydrogens (primary N) is 1. The predicted molar refractivity (Wildman–Crippen MR) is 351 cm³/mol. The molecule has 0 bridgehead atoms. The maximum Gasteiger partial charge on any atom is 0.325 e. The lowest BCUT2D eigenvalue weighted by Gasteiger charge is -2.29. The van der Waals surface area contributed by atoms with Crippen LogP contribution in [-0.2, 0) is 78.3 Å². The highest BCUT2D eigenvalue weighted by molar-refractivity contribution is 7.80. The first-order chi connectivity index (χ1) is 45.9. The smallest absolute Gasteiger partial charge is 0.325 e. The van der Waals surface area contributed by atoms with E-state index in [-0.39, 0.29) is 25.2 Å². The Hall–Kier alpha value is -9.04. The summed E-state index contributed by atoms with van der Waals surface area (Å²) in [5, 5.41) is 98.2. The number of para-hydroxylation sites is 1. The standard InChI is InChI=1S/C61H96N14O22S/c1-11-29(8)47(74-55(90)41(24-78)69-51(86)38(20-44(82)83)67-56(91)42(25-98)71-57(92)45(27(4)5)73-54(89)40(23-77)68-49(84)34(62)18-26(2)3)59(94)70-39(22-76)53(88)65-36(16-17-43(80)81)50(85)66-37(19-32-21-63-35-15-13-12-14-33(32)35)52(87)72-46(28(6)7)58(93)75-48(31(10)79)60(95)64-30(9)61(96)97/h12-15,21,26-31,34,36-42,45-48,63,76-79,98H,11,16-20,22-25,62H2,1-10H3,(H,64,95)(H,65,88)(H,66,85)(H,67,91)(H,68,84)(H,69,86)(H,70,94)(H,71,92)(H,72,87)(H,73,89)(H,74,90)(H,75,93)(H,80,81)(H,82,83)(H,96,97)/t29-,30-,31+,34-,36-,37-,38-,39-,40-,41-,42-,45-,46-,47-,48-/m0/s1. The van der Waals surface area contributed by atoms with E-state index in [1.54, 1.807) is 31.2 Å². The Labute approximate surface area is 570 Å². The van der Waals surface area contributed by atoms with E-state index in [9.17, 15) is 108 Å². The number of aromatic nitrogens is 1. The van der Waals surface area contributed by atoms with E-state index in [0.29, 0.717) is 16.5 Å². The van der Waals surface area contributed by atoms with Gasteiger partial charge >= 0.3 is 17.9 Å². The maximum absolute atomic E-state index is 14.4. The molecule has 0 aliphatic heterocycles. The number of H-pyrrole nitrogens is 1. The molecule has 0 fully saturated rings. The number of nitrogens with one attached hydrogen (secondary N) is 13. The van der Waals surface area contributed by atoms with Gasteiger partial charge < -0.3 is 110 Å². The number of benzene rings is 1. The molecule has 12 amide bonds. The lowest BCUT2D eigenvalue weighted by Crippen LogP contribution is -2.63. The van der Waals surface area contributed by atoms with Gasteiger partial charge in [0.05, 0.1) is 38.4 Å².